The Morgan fingerprint density at radius 2 is 1.74 bits per heavy atom. The van der Waals surface area contributed by atoms with Gasteiger partial charge in [-0.05, 0) is 56.6 Å². The van der Waals surface area contributed by atoms with E-state index in [4.69, 9.17) is 9.72 Å². The first-order valence-electron chi connectivity index (χ1n) is 21.2. The maximum Gasteiger partial charge on any atom is 0.471 e. The summed E-state index contributed by atoms with van der Waals surface area (Å²) in [7, 11) is 0. The van der Waals surface area contributed by atoms with Crippen LogP contribution in [0.15, 0.2) is 88.9 Å². The van der Waals surface area contributed by atoms with Crippen LogP contribution in [0.1, 0.15) is 79.8 Å². The standard InChI is InChI=1S/C45H41F3N10O7S/c46-45(47,48)42-52-37(54-65-42)28-9-4-10-29(23-28)38(60)49-26-44(43-50-32(25-66-43)27-7-2-1-3-8-27)16-20-56(21-17-44)19-15-30-24-57(55-53-30)18-6-22-64-34-12-5-11-31-36(34)41(63)58(40(31)62)33-13-14-35(59)51-39(33)61/h1-5,7-12,23-25,33H,6,13-22,26H2,(H,49,60)(H,51,59,61). The molecule has 0 spiro atoms. The molecule has 66 heavy (non-hydrogen) atoms. The minimum atomic E-state index is -4.80. The molecule has 2 fully saturated rings. The van der Waals surface area contributed by atoms with E-state index in [-0.39, 0.29) is 59.8 Å². The summed E-state index contributed by atoms with van der Waals surface area (Å²) in [6.45, 7) is 3.14. The molecular weight excluding hydrogens is 882 g/mol. The third-order valence-electron chi connectivity index (χ3n) is 12.0. The van der Waals surface area contributed by atoms with Crippen LogP contribution in [0, 0.1) is 0 Å². The molecule has 1 atom stereocenters. The highest BCUT2D eigenvalue weighted by molar-refractivity contribution is 7.10. The number of benzene rings is 3. The molecule has 17 nitrogen and oxygen atoms in total. The first-order valence-corrected chi connectivity index (χ1v) is 22.1. The fourth-order valence-electron chi connectivity index (χ4n) is 8.38. The summed E-state index contributed by atoms with van der Waals surface area (Å²) >= 11 is 1.55. The second-order valence-corrected chi connectivity index (χ2v) is 17.1. The van der Waals surface area contributed by atoms with Crippen molar-refractivity contribution in [3.05, 3.63) is 118 Å². The third kappa shape index (κ3) is 9.20. The Labute approximate surface area is 378 Å². The normalized spacial score (nSPS) is 17.5. The summed E-state index contributed by atoms with van der Waals surface area (Å²) in [4.78, 5) is 76.0. The summed E-state index contributed by atoms with van der Waals surface area (Å²) < 4.78 is 51.4. The van der Waals surface area contributed by atoms with E-state index in [0.29, 0.717) is 32.2 Å². The van der Waals surface area contributed by atoms with Crippen molar-refractivity contribution in [1.82, 2.24) is 50.6 Å². The van der Waals surface area contributed by atoms with E-state index >= 15 is 0 Å². The molecule has 5 amide bonds. The zero-order valence-corrected chi connectivity index (χ0v) is 35.9. The van der Waals surface area contributed by atoms with E-state index in [0.717, 1.165) is 46.5 Å². The van der Waals surface area contributed by atoms with Crippen LogP contribution in [-0.2, 0) is 34.1 Å². The SMILES string of the molecule is O=C1CCC(N2C(=O)c3cccc(OCCCn4cc(CCN5CCC(CNC(=O)c6cccc(-c7noc(C(F)(F)F)n7)c6)(c6nc(-c7ccccc7)cs6)CC5)nn4)c3C2=O)C(=O)N1. The van der Waals surface area contributed by atoms with Gasteiger partial charge in [0.05, 0.1) is 29.1 Å². The highest BCUT2D eigenvalue weighted by Gasteiger charge is 2.46. The number of amides is 5. The van der Waals surface area contributed by atoms with Gasteiger partial charge >= 0.3 is 12.1 Å². The lowest BCUT2D eigenvalue weighted by Crippen LogP contribution is -2.54. The molecule has 3 aliphatic heterocycles. The fraction of sp³-hybridized carbons (Fsp3) is 0.333. The van der Waals surface area contributed by atoms with E-state index in [1.807, 2.05) is 41.9 Å². The molecule has 2 N–H and O–H groups in total. The summed E-state index contributed by atoms with van der Waals surface area (Å²) in [6.07, 6.45) is -0.263. The van der Waals surface area contributed by atoms with Crippen molar-refractivity contribution in [3.8, 4) is 28.4 Å². The minimum Gasteiger partial charge on any atom is -0.493 e. The number of carbonyl (C=O) groups excluding carboxylic acids is 5. The van der Waals surface area contributed by atoms with Gasteiger partial charge in [0.2, 0.25) is 17.6 Å². The average molecular weight is 923 g/mol. The molecule has 0 radical (unpaired) electrons. The number of fused-ring (bicyclic) bond motifs is 1. The molecule has 3 aromatic carbocycles. The molecular formula is C45H41F3N10O7S. The number of ether oxygens (including phenoxy) is 1. The number of aromatic nitrogens is 6. The van der Waals surface area contributed by atoms with Crippen LogP contribution in [-0.4, -0.2) is 108 Å². The highest BCUT2D eigenvalue weighted by Crippen LogP contribution is 2.39. The number of carbonyl (C=O) groups is 5. The average Bonchev–Trinajstić information content (AvgIpc) is 4.16. The number of halogens is 3. The summed E-state index contributed by atoms with van der Waals surface area (Å²) in [5, 5.41) is 20.3. The van der Waals surface area contributed by atoms with Crippen LogP contribution in [0.4, 0.5) is 13.2 Å². The van der Waals surface area contributed by atoms with Gasteiger partial charge in [-0.1, -0.05) is 58.9 Å². The van der Waals surface area contributed by atoms with E-state index in [2.05, 4.69) is 40.5 Å². The Morgan fingerprint density at radius 3 is 2.52 bits per heavy atom. The van der Waals surface area contributed by atoms with Gasteiger partial charge in [-0.3, -0.25) is 38.9 Å². The zero-order valence-electron chi connectivity index (χ0n) is 35.1. The van der Waals surface area contributed by atoms with Crippen LogP contribution < -0.4 is 15.4 Å². The summed E-state index contributed by atoms with van der Waals surface area (Å²) in [6, 6.07) is 19.6. The Kier molecular flexibility index (Phi) is 12.3. The molecule has 6 heterocycles. The van der Waals surface area contributed by atoms with Crippen molar-refractivity contribution in [1.29, 1.82) is 0 Å². The fourth-order valence-corrected chi connectivity index (χ4v) is 9.47. The van der Waals surface area contributed by atoms with Crippen molar-refractivity contribution in [2.24, 2.45) is 0 Å². The second kappa shape index (κ2) is 18.4. The first kappa shape index (κ1) is 44.1. The number of likely N-dealkylation sites (tertiary alicyclic amines) is 1. The predicted molar refractivity (Wildman–Crippen MR) is 229 cm³/mol. The maximum absolute atomic E-state index is 13.6. The van der Waals surface area contributed by atoms with E-state index in [9.17, 15) is 37.1 Å². The minimum absolute atomic E-state index is 0.0278. The van der Waals surface area contributed by atoms with Crippen LogP contribution in [0.2, 0.25) is 0 Å². The van der Waals surface area contributed by atoms with Gasteiger partial charge in [0, 0.05) is 72.6 Å². The molecule has 0 saturated carbocycles. The molecule has 6 aromatic rings. The largest absolute Gasteiger partial charge is 0.493 e. The molecule has 1 unspecified atom stereocenters. The molecule has 0 bridgehead atoms. The summed E-state index contributed by atoms with van der Waals surface area (Å²) in [5.74, 6) is -4.27. The quantitative estimate of drug-likeness (QED) is 0.0986. The van der Waals surface area contributed by atoms with Gasteiger partial charge in [0.15, 0.2) is 0 Å². The Balaban J connectivity index is 0.790. The van der Waals surface area contributed by atoms with Gasteiger partial charge in [0.1, 0.15) is 16.8 Å². The molecule has 9 rings (SSSR count). The zero-order chi connectivity index (χ0) is 46.0. The van der Waals surface area contributed by atoms with Gasteiger partial charge in [0.25, 0.3) is 17.7 Å². The van der Waals surface area contributed by atoms with Crippen LogP contribution in [0.25, 0.3) is 22.6 Å². The number of piperidine rings is 2. The first-order chi connectivity index (χ1) is 31.8. The predicted octanol–water partition coefficient (Wildman–Crippen LogP) is 5.35. The summed E-state index contributed by atoms with van der Waals surface area (Å²) in [5.41, 5.74) is 2.83. The van der Waals surface area contributed by atoms with Crippen LogP contribution >= 0.6 is 11.3 Å². The van der Waals surface area contributed by atoms with Gasteiger partial charge in [-0.25, -0.2) is 4.98 Å². The number of alkyl halides is 3. The molecule has 21 heteroatoms. The van der Waals surface area contributed by atoms with Crippen molar-refractivity contribution >= 4 is 40.9 Å². The van der Waals surface area contributed by atoms with Gasteiger partial charge in [-0.15, -0.1) is 16.4 Å². The molecule has 3 aromatic heterocycles. The smallest absolute Gasteiger partial charge is 0.471 e. The Morgan fingerprint density at radius 1 is 0.955 bits per heavy atom. The monoisotopic (exact) mass is 922 g/mol. The lowest BCUT2D eigenvalue weighted by Gasteiger charge is -2.40. The van der Waals surface area contributed by atoms with E-state index < -0.39 is 53.1 Å². The van der Waals surface area contributed by atoms with Gasteiger partial charge in [-0.2, -0.15) is 18.2 Å². The van der Waals surface area contributed by atoms with Gasteiger partial charge < -0.3 is 19.5 Å². The molecule has 3 aliphatic rings. The highest BCUT2D eigenvalue weighted by atomic mass is 32.1. The number of thiazole rings is 1. The van der Waals surface area contributed by atoms with Crippen LogP contribution in [0.5, 0.6) is 5.75 Å². The number of imide groups is 2. The molecule has 2 saturated heterocycles. The second-order valence-electron chi connectivity index (χ2n) is 16.3. The molecule has 340 valence electrons. The number of aryl methyl sites for hydroxylation is 1. The van der Waals surface area contributed by atoms with Crippen molar-refractivity contribution in [3.63, 3.8) is 0 Å². The van der Waals surface area contributed by atoms with E-state index in [1.54, 1.807) is 40.3 Å². The number of nitrogens with zero attached hydrogens (tertiary/aromatic N) is 8. The topological polar surface area (TPSA) is 208 Å². The molecule has 0 aliphatic carbocycles. The third-order valence-corrected chi connectivity index (χ3v) is 13.1. The number of hydrogen-bond donors (Lipinski definition) is 2. The maximum atomic E-state index is 13.6. The van der Waals surface area contributed by atoms with E-state index in [1.165, 1.54) is 18.2 Å². The Hall–Kier alpha value is -7.13. The Bertz CT molecular complexity index is 2800. The van der Waals surface area contributed by atoms with Crippen molar-refractivity contribution < 1.29 is 46.4 Å². The number of nitrogens with one attached hydrogen (secondary N) is 2. The van der Waals surface area contributed by atoms with Crippen molar-refractivity contribution in [2.45, 2.75) is 62.7 Å². The lowest BCUT2D eigenvalue weighted by atomic mass is 9.78. The van der Waals surface area contributed by atoms with Crippen LogP contribution in [0.3, 0.4) is 0 Å². The lowest BCUT2D eigenvalue weighted by molar-refractivity contribution is -0.159. The number of rotatable bonds is 15. The van der Waals surface area contributed by atoms with Crippen molar-refractivity contribution in [2.75, 3.05) is 32.8 Å². The number of hydrogen-bond acceptors (Lipinski definition) is 14.